The van der Waals surface area contributed by atoms with Crippen molar-refractivity contribution in [2.75, 3.05) is 45.3 Å². The lowest BCUT2D eigenvalue weighted by molar-refractivity contribution is -0.384. The van der Waals surface area contributed by atoms with E-state index in [2.05, 4.69) is 4.98 Å². The lowest BCUT2D eigenvalue weighted by Crippen LogP contribution is -2.49. The molecule has 2 aromatic carbocycles. The van der Waals surface area contributed by atoms with Gasteiger partial charge in [0.25, 0.3) is 11.6 Å². The number of para-hydroxylation sites is 3. The number of carbonyl (C=O) groups is 1. The number of nitro groups is 1. The molecular weight excluding hydrogens is 432 g/mol. The van der Waals surface area contributed by atoms with Crippen LogP contribution in [-0.4, -0.2) is 61.1 Å². The van der Waals surface area contributed by atoms with Crippen molar-refractivity contribution in [1.82, 2.24) is 9.88 Å². The van der Waals surface area contributed by atoms with Crippen molar-refractivity contribution in [3.05, 3.63) is 63.7 Å². The van der Waals surface area contributed by atoms with Gasteiger partial charge in [-0.15, -0.1) is 11.3 Å². The van der Waals surface area contributed by atoms with Gasteiger partial charge in [-0.05, 0) is 18.2 Å². The number of piperazine rings is 1. The summed E-state index contributed by atoms with van der Waals surface area (Å²) in [7, 11) is 3.14. The fourth-order valence-corrected chi connectivity index (χ4v) is 4.57. The van der Waals surface area contributed by atoms with E-state index < -0.39 is 0 Å². The number of nitrogens with zero attached hydrogens (tertiary/aromatic N) is 4. The van der Waals surface area contributed by atoms with Gasteiger partial charge in [0.05, 0.1) is 24.7 Å². The van der Waals surface area contributed by atoms with E-state index in [4.69, 9.17) is 9.47 Å². The molecule has 1 aliphatic rings. The molecule has 1 aromatic heterocycles. The summed E-state index contributed by atoms with van der Waals surface area (Å²) in [4.78, 5) is 32.2. The van der Waals surface area contributed by atoms with Gasteiger partial charge in [-0.25, -0.2) is 4.98 Å². The molecule has 166 valence electrons. The average molecular weight is 455 g/mol. The Balaban J connectivity index is 1.48. The van der Waals surface area contributed by atoms with Gasteiger partial charge in [-0.3, -0.25) is 14.9 Å². The van der Waals surface area contributed by atoms with Crippen molar-refractivity contribution in [3.8, 4) is 22.1 Å². The van der Waals surface area contributed by atoms with Crippen LogP contribution in [0.25, 0.3) is 10.6 Å². The first-order valence-corrected chi connectivity index (χ1v) is 10.9. The third-order valence-electron chi connectivity index (χ3n) is 5.34. The molecule has 1 fully saturated rings. The molecule has 1 aliphatic heterocycles. The largest absolute Gasteiger partial charge is 0.493 e. The molecule has 4 rings (SSSR count). The summed E-state index contributed by atoms with van der Waals surface area (Å²) in [6, 6.07) is 12.2. The number of benzene rings is 2. The maximum atomic E-state index is 13.0. The number of rotatable bonds is 6. The van der Waals surface area contributed by atoms with Crippen LogP contribution in [0.1, 0.15) is 10.5 Å². The number of carbonyl (C=O) groups excluding carboxylic acids is 1. The minimum Gasteiger partial charge on any atom is -0.493 e. The molecule has 2 heterocycles. The normalized spacial score (nSPS) is 13.7. The van der Waals surface area contributed by atoms with Crippen LogP contribution >= 0.6 is 11.3 Å². The Kier molecular flexibility index (Phi) is 6.22. The molecule has 3 aromatic rings. The third-order valence-corrected chi connectivity index (χ3v) is 6.22. The summed E-state index contributed by atoms with van der Waals surface area (Å²) in [6.07, 6.45) is 0. The van der Waals surface area contributed by atoms with Crippen LogP contribution < -0.4 is 14.4 Å². The zero-order valence-corrected chi connectivity index (χ0v) is 18.5. The predicted molar refractivity (Wildman–Crippen MR) is 122 cm³/mol. The fraction of sp³-hybridized carbons (Fsp3) is 0.273. The molecule has 0 aliphatic carbocycles. The number of hydrogen-bond acceptors (Lipinski definition) is 8. The SMILES string of the molecule is COc1cccc(-c2nc(C(=O)N3CCN(c4ccccc4[N+](=O)[O-])CC3)cs2)c1OC. The van der Waals surface area contributed by atoms with E-state index in [1.165, 1.54) is 17.4 Å². The summed E-state index contributed by atoms with van der Waals surface area (Å²) in [5.74, 6) is 1.01. The van der Waals surface area contributed by atoms with Crippen LogP contribution in [0.4, 0.5) is 11.4 Å². The van der Waals surface area contributed by atoms with Crippen molar-refractivity contribution in [2.24, 2.45) is 0 Å². The van der Waals surface area contributed by atoms with Gasteiger partial charge in [0.1, 0.15) is 16.4 Å². The number of nitro benzene ring substituents is 1. The molecule has 9 nitrogen and oxygen atoms in total. The van der Waals surface area contributed by atoms with Crippen molar-refractivity contribution in [1.29, 1.82) is 0 Å². The zero-order chi connectivity index (χ0) is 22.7. The van der Waals surface area contributed by atoms with E-state index in [0.29, 0.717) is 54.1 Å². The summed E-state index contributed by atoms with van der Waals surface area (Å²) in [5.41, 5.74) is 1.78. The van der Waals surface area contributed by atoms with Crippen LogP contribution in [0.2, 0.25) is 0 Å². The van der Waals surface area contributed by atoms with Crippen LogP contribution in [0.15, 0.2) is 47.8 Å². The van der Waals surface area contributed by atoms with Gasteiger partial charge in [-0.2, -0.15) is 0 Å². The molecule has 0 bridgehead atoms. The van der Waals surface area contributed by atoms with Crippen molar-refractivity contribution in [2.45, 2.75) is 0 Å². The van der Waals surface area contributed by atoms with E-state index in [1.54, 1.807) is 48.8 Å². The molecule has 32 heavy (non-hydrogen) atoms. The highest BCUT2D eigenvalue weighted by Crippen LogP contribution is 2.39. The Morgan fingerprint density at radius 3 is 2.50 bits per heavy atom. The number of anilines is 1. The molecule has 10 heteroatoms. The Hall–Kier alpha value is -3.66. The first-order chi connectivity index (χ1) is 15.5. The summed E-state index contributed by atoms with van der Waals surface area (Å²) < 4.78 is 10.8. The Morgan fingerprint density at radius 2 is 1.81 bits per heavy atom. The highest BCUT2D eigenvalue weighted by molar-refractivity contribution is 7.13. The Bertz CT molecular complexity index is 1140. The maximum absolute atomic E-state index is 13.0. The lowest BCUT2D eigenvalue weighted by Gasteiger charge is -2.35. The molecule has 0 unspecified atom stereocenters. The molecular formula is C22H22N4O5S. The van der Waals surface area contributed by atoms with E-state index in [0.717, 1.165) is 5.56 Å². The minimum absolute atomic E-state index is 0.0728. The number of methoxy groups -OCH3 is 2. The molecule has 1 amide bonds. The van der Waals surface area contributed by atoms with Gasteiger partial charge >= 0.3 is 0 Å². The first kappa shape index (κ1) is 21.6. The van der Waals surface area contributed by atoms with E-state index >= 15 is 0 Å². The molecule has 0 atom stereocenters. The smallest absolute Gasteiger partial charge is 0.292 e. The minimum atomic E-state index is -0.378. The highest BCUT2D eigenvalue weighted by atomic mass is 32.1. The zero-order valence-electron chi connectivity index (χ0n) is 17.7. The third kappa shape index (κ3) is 4.09. The molecule has 0 saturated carbocycles. The van der Waals surface area contributed by atoms with Gasteiger partial charge in [0.15, 0.2) is 11.5 Å². The lowest BCUT2D eigenvalue weighted by atomic mass is 10.2. The van der Waals surface area contributed by atoms with E-state index in [1.807, 2.05) is 17.0 Å². The second-order valence-electron chi connectivity index (χ2n) is 7.10. The first-order valence-electron chi connectivity index (χ1n) is 9.98. The van der Waals surface area contributed by atoms with Gasteiger partial charge in [0, 0.05) is 37.6 Å². The van der Waals surface area contributed by atoms with Gasteiger partial charge < -0.3 is 19.3 Å². The van der Waals surface area contributed by atoms with E-state index in [9.17, 15) is 14.9 Å². The topological polar surface area (TPSA) is 98.0 Å². The van der Waals surface area contributed by atoms with Crippen LogP contribution in [-0.2, 0) is 0 Å². The monoisotopic (exact) mass is 454 g/mol. The number of aromatic nitrogens is 1. The summed E-state index contributed by atoms with van der Waals surface area (Å²) in [5, 5.41) is 13.7. The second kappa shape index (κ2) is 9.23. The van der Waals surface area contributed by atoms with Gasteiger partial charge in [-0.1, -0.05) is 18.2 Å². The average Bonchev–Trinajstić information content (AvgIpc) is 3.33. The second-order valence-corrected chi connectivity index (χ2v) is 7.96. The Morgan fingerprint density at radius 1 is 1.06 bits per heavy atom. The van der Waals surface area contributed by atoms with Crippen LogP contribution in [0.3, 0.4) is 0 Å². The fourth-order valence-electron chi connectivity index (χ4n) is 3.75. The summed E-state index contributed by atoms with van der Waals surface area (Å²) >= 11 is 1.37. The quantitative estimate of drug-likeness (QED) is 0.414. The highest BCUT2D eigenvalue weighted by Gasteiger charge is 2.27. The van der Waals surface area contributed by atoms with Crippen LogP contribution in [0.5, 0.6) is 11.5 Å². The van der Waals surface area contributed by atoms with Crippen molar-refractivity contribution >= 4 is 28.6 Å². The molecule has 0 spiro atoms. The predicted octanol–water partition coefficient (Wildman–Crippen LogP) is 3.70. The van der Waals surface area contributed by atoms with Gasteiger partial charge in [0.2, 0.25) is 0 Å². The van der Waals surface area contributed by atoms with Crippen molar-refractivity contribution < 1.29 is 19.2 Å². The number of ether oxygens (including phenoxy) is 2. The number of thiazole rings is 1. The molecule has 0 radical (unpaired) electrons. The summed E-state index contributed by atoms with van der Waals surface area (Å²) in [6.45, 7) is 1.94. The number of hydrogen-bond donors (Lipinski definition) is 0. The maximum Gasteiger partial charge on any atom is 0.292 e. The van der Waals surface area contributed by atoms with Crippen molar-refractivity contribution in [3.63, 3.8) is 0 Å². The molecule has 1 saturated heterocycles. The number of amides is 1. The standard InChI is InChI=1S/C22H22N4O5S/c1-30-19-9-5-6-15(20(19)31-2)21-23-16(14-32-21)22(27)25-12-10-24(11-13-25)17-7-3-4-8-18(17)26(28)29/h3-9,14H,10-13H2,1-2H3. The van der Waals surface area contributed by atoms with E-state index in [-0.39, 0.29) is 16.5 Å². The Labute approximate surface area is 189 Å². The molecule has 0 N–H and O–H groups in total. The van der Waals surface area contributed by atoms with Crippen LogP contribution in [0, 0.1) is 10.1 Å².